The van der Waals surface area contributed by atoms with Gasteiger partial charge in [0.2, 0.25) is 11.8 Å². The van der Waals surface area contributed by atoms with Gasteiger partial charge in [-0.3, -0.25) is 34.2 Å². The second kappa shape index (κ2) is 15.1. The normalized spacial score (nSPS) is 27.1. The SMILES string of the molecule is O=C1CCC(c2ccc(N3CC(N4CCN([C@H]5CC[C@H](n6cc(NC(=O)c7cnn8ccc(N9C[C@H]%10C[C@@H]9CO%10)nc78)c(C(F)F)n6)CC5)CC4)C3)cc2Cl)C(=O)N1. The lowest BCUT2D eigenvalue weighted by atomic mass is 9.89. The van der Waals surface area contributed by atoms with Crippen LogP contribution in [-0.4, -0.2) is 129 Å². The topological polar surface area (TPSA) is 145 Å². The summed E-state index contributed by atoms with van der Waals surface area (Å²) in [5.74, 6) is -0.745. The lowest BCUT2D eigenvalue weighted by Crippen LogP contribution is -2.64. The van der Waals surface area contributed by atoms with Crippen molar-refractivity contribution in [2.24, 2.45) is 0 Å². The summed E-state index contributed by atoms with van der Waals surface area (Å²) in [6.07, 6.45) is 7.33. The van der Waals surface area contributed by atoms with E-state index >= 15 is 0 Å². The summed E-state index contributed by atoms with van der Waals surface area (Å²) in [6.45, 7) is 7.18. The number of piperazine rings is 1. The van der Waals surface area contributed by atoms with E-state index in [0.29, 0.717) is 42.2 Å². The van der Waals surface area contributed by atoms with Crippen LogP contribution < -0.4 is 20.4 Å². The molecule has 2 N–H and O–H groups in total. The first-order chi connectivity index (χ1) is 28.1. The number of morpholine rings is 1. The van der Waals surface area contributed by atoms with Gasteiger partial charge in [0.15, 0.2) is 11.3 Å². The number of aromatic nitrogens is 5. The van der Waals surface area contributed by atoms with Crippen molar-refractivity contribution in [1.82, 2.24) is 39.5 Å². The maximum Gasteiger partial charge on any atom is 0.284 e. The zero-order valence-electron chi connectivity index (χ0n) is 32.0. The van der Waals surface area contributed by atoms with Gasteiger partial charge in [-0.05, 0) is 62.3 Å². The fraction of sp³-hybridized carbons (Fsp3) is 0.550. The molecule has 3 aromatic heterocycles. The van der Waals surface area contributed by atoms with Gasteiger partial charge in [-0.1, -0.05) is 17.7 Å². The van der Waals surface area contributed by atoms with Gasteiger partial charge >= 0.3 is 0 Å². The molecule has 0 radical (unpaired) electrons. The average Bonchev–Trinajstić information content (AvgIpc) is 4.03. The first-order valence-corrected chi connectivity index (χ1v) is 20.8. The highest BCUT2D eigenvalue weighted by molar-refractivity contribution is 6.32. The minimum absolute atomic E-state index is 0.00430. The Kier molecular flexibility index (Phi) is 9.81. The minimum Gasteiger partial charge on any atom is -0.374 e. The number of benzene rings is 1. The number of hydrogen-bond donors (Lipinski definition) is 2. The summed E-state index contributed by atoms with van der Waals surface area (Å²) in [7, 11) is 0. The van der Waals surface area contributed by atoms with Crippen LogP contribution in [0, 0.1) is 0 Å². The van der Waals surface area contributed by atoms with E-state index < -0.39 is 23.9 Å². The molecule has 6 fully saturated rings. The van der Waals surface area contributed by atoms with Crippen LogP contribution in [0.5, 0.6) is 0 Å². The Balaban J connectivity index is 0.711. The van der Waals surface area contributed by atoms with Gasteiger partial charge in [-0.15, -0.1) is 0 Å². The minimum atomic E-state index is -2.85. The largest absolute Gasteiger partial charge is 0.374 e. The summed E-state index contributed by atoms with van der Waals surface area (Å²) in [5.41, 5.74) is 1.93. The van der Waals surface area contributed by atoms with Crippen molar-refractivity contribution < 1.29 is 27.9 Å². The first kappa shape index (κ1) is 37.6. The molecule has 5 saturated heterocycles. The first-order valence-electron chi connectivity index (χ1n) is 20.4. The highest BCUT2D eigenvalue weighted by Crippen LogP contribution is 2.37. The molecule has 1 aliphatic carbocycles. The number of amides is 3. The van der Waals surface area contributed by atoms with Gasteiger partial charge in [-0.2, -0.15) is 10.2 Å². The van der Waals surface area contributed by atoms with Gasteiger partial charge in [0.05, 0.1) is 42.6 Å². The molecule has 58 heavy (non-hydrogen) atoms. The summed E-state index contributed by atoms with van der Waals surface area (Å²) < 4.78 is 37.4. The molecular weight excluding hydrogens is 772 g/mol. The number of carbonyl (C=O) groups is 3. The quantitative estimate of drug-likeness (QED) is 0.234. The third-order valence-electron chi connectivity index (χ3n) is 13.3. The number of carbonyl (C=O) groups excluding carboxylic acids is 3. The standard InChI is InChI=1S/C40H46ClF2N11O4/c41-32-16-25(5-6-29(32)30-7-8-35(55)47-39(30)56)51-18-27(19-51)50-13-11-49(12-14-50)23-1-3-24(4-2-23)54-21-33(36(48-54)37(42)43)45-40(57)31-17-44-53-10-9-34(46-38(31)53)52-20-28-15-26(52)22-58-28/h5-6,9-10,16-17,21,23-24,26-28,30,37H,1-4,7-8,11-15,18-20,22H2,(H,45,57)(H,47,55,56)/t23-,24-,26-,28-,30?/m1/s1. The summed E-state index contributed by atoms with van der Waals surface area (Å²) >= 11 is 6.64. The van der Waals surface area contributed by atoms with E-state index in [1.54, 1.807) is 17.1 Å². The van der Waals surface area contributed by atoms with Gasteiger partial charge < -0.3 is 19.9 Å². The average molecular weight is 818 g/mol. The zero-order valence-corrected chi connectivity index (χ0v) is 32.7. The van der Waals surface area contributed by atoms with Crippen molar-refractivity contribution in [3.05, 3.63) is 64.7 Å². The van der Waals surface area contributed by atoms with Crippen LogP contribution in [-0.2, 0) is 14.3 Å². The van der Waals surface area contributed by atoms with Crippen LogP contribution in [0.2, 0.25) is 5.02 Å². The molecule has 6 aliphatic rings. The molecule has 2 bridgehead atoms. The molecule has 1 aromatic carbocycles. The number of nitrogens with one attached hydrogen (secondary N) is 2. The second-order valence-electron chi connectivity index (χ2n) is 16.6. The maximum atomic E-state index is 14.3. The van der Waals surface area contributed by atoms with Crippen molar-refractivity contribution in [3.8, 4) is 0 Å². The number of anilines is 3. The van der Waals surface area contributed by atoms with Gasteiger partial charge in [0.25, 0.3) is 12.3 Å². The fourth-order valence-electron chi connectivity index (χ4n) is 9.94. The van der Waals surface area contributed by atoms with Gasteiger partial charge in [0, 0.05) is 87.4 Å². The Hall–Kier alpha value is -4.71. The Morgan fingerprint density at radius 1 is 0.948 bits per heavy atom. The number of halogens is 3. The molecular formula is C40H46ClF2N11O4. The van der Waals surface area contributed by atoms with E-state index in [1.807, 2.05) is 24.3 Å². The smallest absolute Gasteiger partial charge is 0.284 e. The fourth-order valence-corrected chi connectivity index (χ4v) is 10.2. The van der Waals surface area contributed by atoms with Crippen LogP contribution >= 0.6 is 11.6 Å². The van der Waals surface area contributed by atoms with Gasteiger partial charge in [0.1, 0.15) is 11.4 Å². The van der Waals surface area contributed by atoms with Crippen LogP contribution in [0.15, 0.2) is 42.9 Å². The monoisotopic (exact) mass is 817 g/mol. The van der Waals surface area contributed by atoms with Crippen molar-refractivity contribution in [2.75, 3.05) is 67.5 Å². The molecule has 10 rings (SSSR count). The molecule has 1 saturated carbocycles. The molecule has 5 aliphatic heterocycles. The maximum absolute atomic E-state index is 14.3. The van der Waals surface area contributed by atoms with E-state index in [2.05, 4.69) is 40.4 Å². The molecule has 3 atom stereocenters. The molecule has 15 nitrogen and oxygen atoms in total. The Morgan fingerprint density at radius 3 is 2.40 bits per heavy atom. The third-order valence-corrected chi connectivity index (χ3v) is 13.6. The summed E-state index contributed by atoms with van der Waals surface area (Å²) in [5, 5.41) is 14.3. The number of alkyl halides is 2. The Labute approximate surface area is 338 Å². The number of piperidine rings is 1. The zero-order chi connectivity index (χ0) is 39.7. The predicted molar refractivity (Wildman–Crippen MR) is 211 cm³/mol. The molecule has 4 aromatic rings. The van der Waals surface area contributed by atoms with Crippen molar-refractivity contribution in [3.63, 3.8) is 0 Å². The van der Waals surface area contributed by atoms with Crippen molar-refractivity contribution in [2.45, 2.75) is 87.6 Å². The Morgan fingerprint density at radius 2 is 1.71 bits per heavy atom. The lowest BCUT2D eigenvalue weighted by Gasteiger charge is -2.50. The number of fused-ring (bicyclic) bond motifs is 3. The highest BCUT2D eigenvalue weighted by atomic mass is 35.5. The predicted octanol–water partition coefficient (Wildman–Crippen LogP) is 4.26. The lowest BCUT2D eigenvalue weighted by molar-refractivity contribution is -0.134. The molecule has 306 valence electrons. The number of ether oxygens (including phenoxy) is 1. The van der Waals surface area contributed by atoms with Crippen molar-refractivity contribution >= 4 is 52.2 Å². The molecule has 18 heteroatoms. The van der Waals surface area contributed by atoms with Gasteiger partial charge in [-0.25, -0.2) is 18.3 Å². The van der Waals surface area contributed by atoms with Crippen LogP contribution in [0.4, 0.5) is 26.0 Å². The number of hydrogen-bond acceptors (Lipinski definition) is 11. The van der Waals surface area contributed by atoms with Crippen LogP contribution in [0.1, 0.15) is 84.9 Å². The summed E-state index contributed by atoms with van der Waals surface area (Å²) in [6, 6.07) is 8.86. The molecule has 0 spiro atoms. The van der Waals surface area contributed by atoms with Crippen LogP contribution in [0.3, 0.4) is 0 Å². The molecule has 3 amide bonds. The summed E-state index contributed by atoms with van der Waals surface area (Å²) in [4.78, 5) is 51.9. The second-order valence-corrected chi connectivity index (χ2v) is 17.0. The number of nitrogens with zero attached hydrogens (tertiary/aromatic N) is 9. The van der Waals surface area contributed by atoms with E-state index in [4.69, 9.17) is 21.3 Å². The molecule has 8 heterocycles. The highest BCUT2D eigenvalue weighted by Gasteiger charge is 2.40. The molecule has 1 unspecified atom stereocenters. The van der Waals surface area contributed by atoms with Crippen molar-refractivity contribution in [1.29, 1.82) is 0 Å². The van der Waals surface area contributed by atoms with E-state index in [-0.39, 0.29) is 41.3 Å². The number of imide groups is 1. The van der Waals surface area contributed by atoms with E-state index in [0.717, 1.165) is 95.0 Å². The third kappa shape index (κ3) is 6.98. The Bertz CT molecular complexity index is 2230. The van der Waals surface area contributed by atoms with E-state index in [9.17, 15) is 23.2 Å². The van der Waals surface area contributed by atoms with Crippen LogP contribution in [0.25, 0.3) is 5.65 Å². The van der Waals surface area contributed by atoms with E-state index in [1.165, 1.54) is 10.7 Å². The number of rotatable bonds is 9.